The van der Waals surface area contributed by atoms with Gasteiger partial charge in [-0.25, -0.2) is 4.79 Å². The molecule has 14 heavy (non-hydrogen) atoms. The smallest absolute Gasteiger partial charge is 0.322 e. The number of ether oxygens (including phenoxy) is 1. The van der Waals surface area contributed by atoms with E-state index in [9.17, 15) is 9.59 Å². The van der Waals surface area contributed by atoms with Crippen molar-refractivity contribution in [1.29, 1.82) is 0 Å². The molecule has 2 saturated heterocycles. The van der Waals surface area contributed by atoms with Gasteiger partial charge in [0.2, 0.25) is 0 Å². The number of hydrogen-bond acceptors (Lipinski definition) is 4. The Kier molecular flexibility index (Phi) is 3.30. The molecule has 1 spiro atoms. The molecule has 3 N–H and O–H groups in total. The maximum atomic E-state index is 11.4. The van der Waals surface area contributed by atoms with E-state index in [0.717, 1.165) is 0 Å². The molecule has 0 aromatic carbocycles. The molecule has 1 unspecified atom stereocenters. The number of nitrogens with one attached hydrogen (secondary N) is 3. The molecule has 7 heteroatoms. The largest absolute Gasteiger partial charge is 0.377 e. The normalized spacial score (nSPS) is 31.7. The van der Waals surface area contributed by atoms with E-state index in [-0.39, 0.29) is 24.9 Å². The molecule has 0 aromatic heterocycles. The number of imide groups is 1. The van der Waals surface area contributed by atoms with E-state index in [0.29, 0.717) is 19.7 Å². The average molecular weight is 222 g/mol. The summed E-state index contributed by atoms with van der Waals surface area (Å²) in [6.07, 6.45) is 0. The van der Waals surface area contributed by atoms with Gasteiger partial charge in [0.1, 0.15) is 0 Å². The molecule has 2 fully saturated rings. The van der Waals surface area contributed by atoms with Crippen LogP contribution in [0.3, 0.4) is 0 Å². The van der Waals surface area contributed by atoms with Crippen molar-refractivity contribution in [3.63, 3.8) is 0 Å². The second-order valence-corrected chi connectivity index (χ2v) is 3.22. The minimum absolute atomic E-state index is 0. The van der Waals surface area contributed by atoms with Crippen LogP contribution < -0.4 is 16.0 Å². The highest BCUT2D eigenvalue weighted by molar-refractivity contribution is 6.07. The third-order valence-electron chi connectivity index (χ3n) is 2.21. The molecular formula is C7H12ClN3O3. The van der Waals surface area contributed by atoms with Crippen LogP contribution in [0.4, 0.5) is 4.79 Å². The number of carbonyl (C=O) groups excluding carboxylic acids is 2. The fourth-order valence-corrected chi connectivity index (χ4v) is 1.50. The highest BCUT2D eigenvalue weighted by Crippen LogP contribution is 2.11. The summed E-state index contributed by atoms with van der Waals surface area (Å²) in [6.45, 7) is 1.91. The SMILES string of the molecule is Cl.O=C1NC(=O)C2(CNCCOC2)N1. The molecule has 0 radical (unpaired) electrons. The van der Waals surface area contributed by atoms with E-state index >= 15 is 0 Å². The summed E-state index contributed by atoms with van der Waals surface area (Å²) >= 11 is 0. The molecule has 2 aliphatic rings. The monoisotopic (exact) mass is 221 g/mol. The maximum Gasteiger partial charge on any atom is 0.322 e. The Hall–Kier alpha value is -0.850. The number of urea groups is 1. The van der Waals surface area contributed by atoms with Crippen molar-refractivity contribution in [2.45, 2.75) is 5.54 Å². The van der Waals surface area contributed by atoms with E-state index in [1.54, 1.807) is 0 Å². The Morgan fingerprint density at radius 2 is 2.14 bits per heavy atom. The van der Waals surface area contributed by atoms with Crippen molar-refractivity contribution in [2.24, 2.45) is 0 Å². The van der Waals surface area contributed by atoms with E-state index in [4.69, 9.17) is 4.74 Å². The summed E-state index contributed by atoms with van der Waals surface area (Å²) in [4.78, 5) is 22.3. The molecule has 0 bridgehead atoms. The molecule has 0 saturated carbocycles. The van der Waals surface area contributed by atoms with Crippen LogP contribution in [0.15, 0.2) is 0 Å². The Balaban J connectivity index is 0.000000980. The van der Waals surface area contributed by atoms with Gasteiger partial charge in [-0.05, 0) is 0 Å². The quantitative estimate of drug-likeness (QED) is 0.440. The van der Waals surface area contributed by atoms with Crippen molar-refractivity contribution in [3.8, 4) is 0 Å². The predicted octanol–water partition coefficient (Wildman–Crippen LogP) is -1.39. The van der Waals surface area contributed by atoms with Crippen molar-refractivity contribution in [1.82, 2.24) is 16.0 Å². The third kappa shape index (κ3) is 1.82. The Morgan fingerprint density at radius 1 is 1.36 bits per heavy atom. The summed E-state index contributed by atoms with van der Waals surface area (Å²) in [5.74, 6) is -0.313. The van der Waals surface area contributed by atoms with Gasteiger partial charge in [0.05, 0.1) is 13.2 Å². The highest BCUT2D eigenvalue weighted by Gasteiger charge is 2.46. The van der Waals surface area contributed by atoms with Crippen LogP contribution in [0, 0.1) is 0 Å². The van der Waals surface area contributed by atoms with Gasteiger partial charge >= 0.3 is 6.03 Å². The average Bonchev–Trinajstić information content (AvgIpc) is 2.29. The fourth-order valence-electron chi connectivity index (χ4n) is 1.50. The van der Waals surface area contributed by atoms with Crippen LogP contribution in [-0.4, -0.2) is 43.8 Å². The molecule has 3 amide bonds. The van der Waals surface area contributed by atoms with Gasteiger partial charge in [0.15, 0.2) is 5.54 Å². The van der Waals surface area contributed by atoms with Gasteiger partial charge in [-0.3, -0.25) is 10.1 Å². The molecule has 0 aliphatic carbocycles. The first-order valence-electron chi connectivity index (χ1n) is 4.15. The second-order valence-electron chi connectivity index (χ2n) is 3.22. The lowest BCUT2D eigenvalue weighted by molar-refractivity contribution is -0.125. The van der Waals surface area contributed by atoms with Gasteiger partial charge in [-0.15, -0.1) is 12.4 Å². The standard InChI is InChI=1S/C7H11N3O3.ClH/c11-5-7(10-6(12)9-5)3-8-1-2-13-4-7;/h8H,1-4H2,(H2,9,10,11,12);1H. The van der Waals surface area contributed by atoms with Crippen molar-refractivity contribution in [2.75, 3.05) is 26.3 Å². The topological polar surface area (TPSA) is 79.5 Å². The molecule has 0 aromatic rings. The van der Waals surface area contributed by atoms with Gasteiger partial charge < -0.3 is 15.4 Å². The molecule has 6 nitrogen and oxygen atoms in total. The summed E-state index contributed by atoms with van der Waals surface area (Å²) in [7, 11) is 0. The molecule has 2 aliphatic heterocycles. The molecule has 80 valence electrons. The van der Waals surface area contributed by atoms with E-state index < -0.39 is 11.6 Å². The van der Waals surface area contributed by atoms with Gasteiger partial charge in [0, 0.05) is 13.1 Å². The maximum absolute atomic E-state index is 11.4. The molecule has 2 heterocycles. The van der Waals surface area contributed by atoms with E-state index in [2.05, 4.69) is 16.0 Å². The lowest BCUT2D eigenvalue weighted by atomic mass is 10.0. The van der Waals surface area contributed by atoms with Crippen LogP contribution in [0.25, 0.3) is 0 Å². The first-order valence-corrected chi connectivity index (χ1v) is 4.15. The van der Waals surface area contributed by atoms with Crippen molar-refractivity contribution in [3.05, 3.63) is 0 Å². The zero-order valence-electron chi connectivity index (χ0n) is 7.46. The summed E-state index contributed by atoms with van der Waals surface area (Å²) in [5, 5.41) is 7.80. The number of amides is 3. The Bertz CT molecular complexity index is 251. The zero-order valence-corrected chi connectivity index (χ0v) is 8.28. The van der Waals surface area contributed by atoms with Crippen LogP contribution >= 0.6 is 12.4 Å². The molecular weight excluding hydrogens is 210 g/mol. The Morgan fingerprint density at radius 3 is 2.79 bits per heavy atom. The molecule has 1 atom stereocenters. The number of rotatable bonds is 0. The first kappa shape index (κ1) is 11.2. The van der Waals surface area contributed by atoms with Crippen LogP contribution in [0.1, 0.15) is 0 Å². The summed E-state index contributed by atoms with van der Waals surface area (Å²) in [6, 6.07) is -0.447. The van der Waals surface area contributed by atoms with E-state index in [1.807, 2.05) is 0 Å². The zero-order chi connectivity index (χ0) is 9.31. The third-order valence-corrected chi connectivity index (χ3v) is 2.21. The van der Waals surface area contributed by atoms with Crippen molar-refractivity contribution < 1.29 is 14.3 Å². The minimum Gasteiger partial charge on any atom is -0.377 e. The lowest BCUT2D eigenvalue weighted by Crippen LogP contribution is -2.56. The van der Waals surface area contributed by atoms with Gasteiger partial charge in [-0.1, -0.05) is 0 Å². The van der Waals surface area contributed by atoms with E-state index in [1.165, 1.54) is 0 Å². The van der Waals surface area contributed by atoms with Crippen LogP contribution in [-0.2, 0) is 9.53 Å². The number of carbonyl (C=O) groups is 2. The fraction of sp³-hybridized carbons (Fsp3) is 0.714. The van der Waals surface area contributed by atoms with Gasteiger partial charge in [-0.2, -0.15) is 0 Å². The summed E-state index contributed by atoms with van der Waals surface area (Å²) in [5.41, 5.74) is -0.895. The number of halogens is 1. The van der Waals surface area contributed by atoms with Crippen molar-refractivity contribution >= 4 is 24.3 Å². The Labute approximate surface area is 87.2 Å². The lowest BCUT2D eigenvalue weighted by Gasteiger charge is -2.22. The van der Waals surface area contributed by atoms with Crippen LogP contribution in [0.5, 0.6) is 0 Å². The minimum atomic E-state index is -0.895. The number of hydrogen-bond donors (Lipinski definition) is 3. The first-order chi connectivity index (χ1) is 6.23. The second kappa shape index (κ2) is 4.12. The summed E-state index contributed by atoms with van der Waals surface area (Å²) < 4.78 is 5.21. The highest BCUT2D eigenvalue weighted by atomic mass is 35.5. The van der Waals surface area contributed by atoms with Gasteiger partial charge in [0.25, 0.3) is 5.91 Å². The van der Waals surface area contributed by atoms with Crippen LogP contribution in [0.2, 0.25) is 0 Å². The predicted molar refractivity (Wildman–Crippen MR) is 50.3 cm³/mol. The molecule has 2 rings (SSSR count).